The summed E-state index contributed by atoms with van der Waals surface area (Å²) >= 11 is 0. The van der Waals surface area contributed by atoms with Gasteiger partial charge in [-0.15, -0.1) is 0 Å². The molecule has 1 heterocycles. The lowest BCUT2D eigenvalue weighted by atomic mass is 9.90. The number of carboxylic acids is 2. The first-order valence-electron chi connectivity index (χ1n) is 10.5. The van der Waals surface area contributed by atoms with E-state index in [-0.39, 0.29) is 0 Å². The summed E-state index contributed by atoms with van der Waals surface area (Å²) < 4.78 is 0. The number of aliphatic hydroxyl groups is 1. The number of aliphatic carboxylic acids is 2. The average Bonchev–Trinajstić information content (AvgIpc) is 2.78. The molecule has 1 atom stereocenters. The summed E-state index contributed by atoms with van der Waals surface area (Å²) in [5, 5.41) is 30.9. The number of nitrogens with one attached hydrogen (secondary N) is 1. The van der Waals surface area contributed by atoms with E-state index in [1.54, 1.807) is 0 Å². The maximum Gasteiger partial charge on any atom is 0.328 e. The third-order valence-electron chi connectivity index (χ3n) is 5.16. The number of aryl methyl sites for hydroxylation is 1. The van der Waals surface area contributed by atoms with Crippen molar-refractivity contribution in [2.75, 3.05) is 11.9 Å². The van der Waals surface area contributed by atoms with Crippen LogP contribution in [0.4, 0.5) is 5.69 Å². The number of hydrogen-bond acceptors (Lipinski definition) is 5. The van der Waals surface area contributed by atoms with Gasteiger partial charge in [0.25, 0.3) is 0 Å². The highest BCUT2D eigenvalue weighted by molar-refractivity contribution is 5.93. The smallest absolute Gasteiger partial charge is 0.328 e. The van der Waals surface area contributed by atoms with Gasteiger partial charge in [0.15, 0.2) is 0 Å². The van der Waals surface area contributed by atoms with Gasteiger partial charge in [0.05, 0.1) is 17.3 Å². The van der Waals surface area contributed by atoms with Gasteiger partial charge in [0.1, 0.15) is 0 Å². The number of nitrogens with zero attached hydrogens (tertiary/aromatic N) is 1. The van der Waals surface area contributed by atoms with E-state index >= 15 is 0 Å². The van der Waals surface area contributed by atoms with Crippen molar-refractivity contribution in [3.63, 3.8) is 0 Å². The lowest BCUT2D eigenvalue weighted by Gasteiger charge is -2.25. The molecule has 1 aliphatic rings. The first kappa shape index (κ1) is 23.0. The number of rotatable bonds is 6. The first-order valence-corrected chi connectivity index (χ1v) is 10.5. The molecule has 1 aromatic heterocycles. The number of fused-ring (bicyclic) bond motifs is 2. The molecule has 0 fully saturated rings. The van der Waals surface area contributed by atoms with Crippen LogP contribution in [0.3, 0.4) is 0 Å². The van der Waals surface area contributed by atoms with Gasteiger partial charge in [0, 0.05) is 35.3 Å². The maximum atomic E-state index is 10.5. The van der Waals surface area contributed by atoms with E-state index in [2.05, 4.69) is 41.7 Å². The van der Waals surface area contributed by atoms with Crippen LogP contribution in [0.2, 0.25) is 0 Å². The van der Waals surface area contributed by atoms with Crippen LogP contribution in [0.1, 0.15) is 35.8 Å². The average molecular weight is 434 g/mol. The summed E-state index contributed by atoms with van der Waals surface area (Å²) in [5.41, 5.74) is 5.45. The zero-order valence-corrected chi connectivity index (χ0v) is 17.6. The van der Waals surface area contributed by atoms with Crippen LogP contribution in [0.15, 0.2) is 66.7 Å². The van der Waals surface area contributed by atoms with Crippen LogP contribution >= 0.6 is 0 Å². The summed E-state index contributed by atoms with van der Waals surface area (Å²) in [6, 6.07) is 18.7. The monoisotopic (exact) mass is 434 g/mol. The third kappa shape index (κ3) is 6.15. The fourth-order valence-electron chi connectivity index (χ4n) is 3.74. The van der Waals surface area contributed by atoms with Gasteiger partial charge in [-0.25, -0.2) is 9.59 Å². The highest BCUT2D eigenvalue weighted by atomic mass is 16.4. The van der Waals surface area contributed by atoms with E-state index in [1.807, 2.05) is 18.2 Å². The number of carboxylic acid groups (broad SMARTS) is 2. The van der Waals surface area contributed by atoms with Crippen molar-refractivity contribution in [1.29, 1.82) is 0 Å². The second kappa shape index (κ2) is 11.1. The minimum atomic E-state index is -1.26. The third-order valence-corrected chi connectivity index (χ3v) is 5.16. The van der Waals surface area contributed by atoms with Crippen molar-refractivity contribution in [3.05, 3.63) is 83.6 Å². The Kier molecular flexibility index (Phi) is 7.94. The summed E-state index contributed by atoms with van der Waals surface area (Å²) in [4.78, 5) is 23.9. The Balaban J connectivity index is 0.000000312. The van der Waals surface area contributed by atoms with Gasteiger partial charge >= 0.3 is 11.9 Å². The number of hydrogen-bond donors (Lipinski definition) is 4. The summed E-state index contributed by atoms with van der Waals surface area (Å²) in [6.45, 7) is 0.844. The molecule has 3 aromatic rings. The maximum absolute atomic E-state index is 10.5. The van der Waals surface area contributed by atoms with Gasteiger partial charge in [-0.2, -0.15) is 0 Å². The minimum Gasteiger partial charge on any atom is -0.478 e. The molecule has 0 aliphatic heterocycles. The molecular formula is C25H26N2O5. The molecule has 0 saturated carbocycles. The van der Waals surface area contributed by atoms with Crippen LogP contribution in [0, 0.1) is 0 Å². The van der Waals surface area contributed by atoms with Crippen LogP contribution in [-0.4, -0.2) is 38.8 Å². The largest absolute Gasteiger partial charge is 0.478 e. The fraction of sp³-hybridized carbons (Fsp3) is 0.240. The molecule has 0 radical (unpaired) electrons. The minimum absolute atomic E-state index is 0.412. The van der Waals surface area contributed by atoms with Crippen LogP contribution < -0.4 is 5.32 Å². The van der Waals surface area contributed by atoms with Crippen molar-refractivity contribution in [2.24, 2.45) is 0 Å². The number of anilines is 1. The van der Waals surface area contributed by atoms with Crippen molar-refractivity contribution in [1.82, 2.24) is 4.98 Å². The van der Waals surface area contributed by atoms with Crippen molar-refractivity contribution >= 4 is 28.5 Å². The predicted octanol–water partition coefficient (Wildman–Crippen LogP) is 3.97. The first-order chi connectivity index (χ1) is 15.5. The Morgan fingerprint density at radius 1 is 1.00 bits per heavy atom. The summed E-state index contributed by atoms with van der Waals surface area (Å²) in [6.07, 6.45) is 4.44. The molecule has 1 aliphatic carbocycles. The van der Waals surface area contributed by atoms with E-state index in [1.165, 1.54) is 5.56 Å². The molecule has 2 aromatic carbocycles. The molecule has 0 bridgehead atoms. The highest BCUT2D eigenvalue weighted by Crippen LogP contribution is 2.38. The van der Waals surface area contributed by atoms with E-state index in [9.17, 15) is 14.7 Å². The van der Waals surface area contributed by atoms with Crippen molar-refractivity contribution < 1.29 is 24.9 Å². The Bertz CT molecular complexity index is 1100. The van der Waals surface area contributed by atoms with Gasteiger partial charge in [0.2, 0.25) is 0 Å². The normalized spacial score (nSPS) is 15.0. The fourth-order valence-corrected chi connectivity index (χ4v) is 3.74. The Labute approximate surface area is 186 Å². The highest BCUT2D eigenvalue weighted by Gasteiger charge is 2.24. The van der Waals surface area contributed by atoms with Gasteiger partial charge < -0.3 is 20.6 Å². The van der Waals surface area contributed by atoms with Crippen LogP contribution in [0.5, 0.6) is 0 Å². The zero-order chi connectivity index (χ0) is 22.9. The lowest BCUT2D eigenvalue weighted by Crippen LogP contribution is -2.16. The number of benzene rings is 2. The van der Waals surface area contributed by atoms with Crippen molar-refractivity contribution in [3.8, 4) is 0 Å². The van der Waals surface area contributed by atoms with Crippen LogP contribution in [0.25, 0.3) is 10.9 Å². The Hall–Kier alpha value is -3.71. The van der Waals surface area contributed by atoms with Gasteiger partial charge in [-0.1, -0.05) is 48.5 Å². The Morgan fingerprint density at radius 2 is 1.66 bits per heavy atom. The number of aromatic nitrogens is 1. The molecular weight excluding hydrogens is 408 g/mol. The second-order valence-electron chi connectivity index (χ2n) is 7.44. The zero-order valence-electron chi connectivity index (χ0n) is 17.6. The van der Waals surface area contributed by atoms with Gasteiger partial charge in [-0.05, 0) is 37.3 Å². The van der Waals surface area contributed by atoms with Crippen LogP contribution in [-0.2, 0) is 22.4 Å². The van der Waals surface area contributed by atoms with Crippen molar-refractivity contribution in [2.45, 2.75) is 31.8 Å². The van der Waals surface area contributed by atoms with Gasteiger partial charge in [-0.3, -0.25) is 4.98 Å². The molecule has 0 spiro atoms. The molecule has 4 N–H and O–H groups in total. The molecule has 7 heteroatoms. The molecule has 7 nitrogen and oxygen atoms in total. The molecule has 0 saturated heterocycles. The quantitative estimate of drug-likeness (QED) is 0.433. The molecule has 0 amide bonds. The standard InChI is InChI=1S/C21H22N2O.C4H4O4/c24-19-12-6-11-18-20(19)21(16-9-4-5-10-17(16)23-18)22-14-13-15-7-2-1-3-8-15;5-3(6)1-2-4(7)8/h1-5,7-10,19,24H,6,11-14H2,(H,22,23);1-2H,(H,5,6)(H,7,8). The topological polar surface area (TPSA) is 120 Å². The summed E-state index contributed by atoms with van der Waals surface area (Å²) in [7, 11) is 0. The van der Waals surface area contributed by atoms with E-state index < -0.39 is 18.0 Å². The number of pyridine rings is 1. The molecule has 4 rings (SSSR count). The molecule has 166 valence electrons. The molecule has 32 heavy (non-hydrogen) atoms. The van der Waals surface area contributed by atoms with E-state index in [0.29, 0.717) is 12.2 Å². The van der Waals surface area contributed by atoms with E-state index in [0.717, 1.165) is 60.1 Å². The number of para-hydroxylation sites is 1. The second-order valence-corrected chi connectivity index (χ2v) is 7.44. The lowest BCUT2D eigenvalue weighted by molar-refractivity contribution is -0.134. The SMILES string of the molecule is O=C(O)C=CC(=O)O.OC1CCCc2nc3ccccc3c(NCCc3ccccc3)c21. The number of aliphatic hydroxyl groups excluding tert-OH is 1. The predicted molar refractivity (Wildman–Crippen MR) is 123 cm³/mol. The number of carbonyl (C=O) groups is 2. The Morgan fingerprint density at radius 3 is 2.34 bits per heavy atom. The molecule has 1 unspecified atom stereocenters. The summed E-state index contributed by atoms with van der Waals surface area (Å²) in [5.74, 6) is -2.51. The van der Waals surface area contributed by atoms with E-state index in [4.69, 9.17) is 15.2 Å².